The highest BCUT2D eigenvalue weighted by Gasteiger charge is 2.21. The fourth-order valence-electron chi connectivity index (χ4n) is 7.38. The van der Waals surface area contributed by atoms with Crippen molar-refractivity contribution in [2.45, 2.75) is 25.7 Å². The van der Waals surface area contributed by atoms with Gasteiger partial charge in [-0.3, -0.25) is 0 Å². The minimum atomic E-state index is 1.16. The Hall–Kier alpha value is -5.08. The summed E-state index contributed by atoms with van der Waals surface area (Å²) >= 11 is 0. The summed E-state index contributed by atoms with van der Waals surface area (Å²) in [5.41, 5.74) is 13.1. The number of hydrogen-bond donors (Lipinski definition) is 0. The van der Waals surface area contributed by atoms with E-state index in [4.69, 9.17) is 0 Å². The minimum absolute atomic E-state index is 1.16. The summed E-state index contributed by atoms with van der Waals surface area (Å²) in [6, 6.07) is 49.2. The van der Waals surface area contributed by atoms with Crippen LogP contribution in [0.5, 0.6) is 0 Å². The Kier molecular flexibility index (Phi) is 5.18. The number of rotatable bonds is 3. The average Bonchev–Trinajstić information content (AvgIpc) is 3.58. The van der Waals surface area contributed by atoms with Crippen molar-refractivity contribution < 1.29 is 0 Å². The summed E-state index contributed by atoms with van der Waals surface area (Å²) in [6.45, 7) is 0. The predicted octanol–water partition coefficient (Wildman–Crippen LogP) is 10.4. The fraction of sp³-hybridized carbons (Fsp3) is 0.100. The second-order valence-electron chi connectivity index (χ2n) is 11.6. The van der Waals surface area contributed by atoms with Crippen molar-refractivity contribution >= 4 is 43.6 Å². The predicted molar refractivity (Wildman–Crippen MR) is 177 cm³/mol. The van der Waals surface area contributed by atoms with Crippen LogP contribution >= 0.6 is 0 Å². The van der Waals surface area contributed by atoms with E-state index in [2.05, 4.69) is 143 Å². The monoisotopic (exact) mass is 538 g/mol. The molecule has 0 unspecified atom stereocenters. The summed E-state index contributed by atoms with van der Waals surface area (Å²) in [7, 11) is 0. The van der Waals surface area contributed by atoms with Gasteiger partial charge in [0.15, 0.2) is 0 Å². The molecule has 0 N–H and O–H groups in total. The van der Waals surface area contributed by atoms with Gasteiger partial charge in [0.25, 0.3) is 0 Å². The first-order chi connectivity index (χ1) is 20.8. The number of hydrogen-bond acceptors (Lipinski definition) is 0. The maximum Gasteiger partial charge on any atom is 0.0575 e. The lowest BCUT2D eigenvalue weighted by Gasteiger charge is -2.18. The van der Waals surface area contributed by atoms with E-state index in [1.54, 1.807) is 0 Å². The molecule has 1 aliphatic rings. The summed E-state index contributed by atoms with van der Waals surface area (Å²) in [6.07, 6.45) is 4.90. The molecule has 2 aromatic heterocycles. The van der Waals surface area contributed by atoms with Gasteiger partial charge in [-0.2, -0.15) is 0 Å². The number of nitrogens with zero attached hydrogens (tertiary/aromatic N) is 2. The number of benzene rings is 6. The molecule has 0 fully saturated rings. The molecule has 0 radical (unpaired) electrons. The lowest BCUT2D eigenvalue weighted by molar-refractivity contribution is 0.688. The largest absolute Gasteiger partial charge is 0.309 e. The third kappa shape index (κ3) is 3.45. The summed E-state index contributed by atoms with van der Waals surface area (Å²) in [4.78, 5) is 0. The van der Waals surface area contributed by atoms with Crippen molar-refractivity contribution in [2.75, 3.05) is 0 Å². The van der Waals surface area contributed by atoms with Crippen LogP contribution in [0.4, 0.5) is 0 Å². The molecule has 9 rings (SSSR count). The van der Waals surface area contributed by atoms with Crippen molar-refractivity contribution in [3.63, 3.8) is 0 Å². The maximum absolute atomic E-state index is 2.51. The highest BCUT2D eigenvalue weighted by atomic mass is 15.0. The molecule has 2 heterocycles. The minimum Gasteiger partial charge on any atom is -0.309 e. The molecule has 0 spiro atoms. The lowest BCUT2D eigenvalue weighted by atomic mass is 9.89. The molecule has 200 valence electrons. The molecule has 0 bridgehead atoms. The Labute approximate surface area is 245 Å². The van der Waals surface area contributed by atoms with Crippen LogP contribution in [0, 0.1) is 0 Å². The van der Waals surface area contributed by atoms with Crippen LogP contribution in [0.2, 0.25) is 0 Å². The van der Waals surface area contributed by atoms with E-state index in [0.717, 1.165) is 6.42 Å². The average molecular weight is 539 g/mol. The lowest BCUT2D eigenvalue weighted by Crippen LogP contribution is -2.05. The first-order valence-corrected chi connectivity index (χ1v) is 15.1. The topological polar surface area (TPSA) is 9.86 Å². The van der Waals surface area contributed by atoms with Crippen molar-refractivity contribution in [2.24, 2.45) is 0 Å². The van der Waals surface area contributed by atoms with Crippen LogP contribution in [0.25, 0.3) is 66.1 Å². The number of fused-ring (bicyclic) bond motifs is 8. The van der Waals surface area contributed by atoms with Crippen molar-refractivity contribution in [3.05, 3.63) is 145 Å². The Balaban J connectivity index is 1.29. The van der Waals surface area contributed by atoms with E-state index >= 15 is 0 Å². The van der Waals surface area contributed by atoms with Crippen LogP contribution in [-0.4, -0.2) is 9.13 Å². The zero-order chi connectivity index (χ0) is 27.6. The second-order valence-corrected chi connectivity index (χ2v) is 11.6. The normalized spacial score (nSPS) is 13.3. The third-order valence-corrected chi connectivity index (χ3v) is 9.29. The molecule has 0 saturated heterocycles. The van der Waals surface area contributed by atoms with E-state index in [1.165, 1.54) is 96.5 Å². The zero-order valence-electron chi connectivity index (χ0n) is 23.4. The molecule has 1 aliphatic carbocycles. The number of aromatic nitrogens is 2. The quantitative estimate of drug-likeness (QED) is 0.212. The number of para-hydroxylation sites is 3. The van der Waals surface area contributed by atoms with Crippen molar-refractivity contribution in [3.8, 4) is 22.5 Å². The first-order valence-electron chi connectivity index (χ1n) is 15.1. The van der Waals surface area contributed by atoms with Gasteiger partial charge in [0, 0.05) is 32.9 Å². The molecule has 42 heavy (non-hydrogen) atoms. The summed E-state index contributed by atoms with van der Waals surface area (Å²) in [5.74, 6) is 0. The van der Waals surface area contributed by atoms with E-state index in [9.17, 15) is 0 Å². The van der Waals surface area contributed by atoms with Crippen molar-refractivity contribution in [1.82, 2.24) is 9.13 Å². The van der Waals surface area contributed by atoms with Gasteiger partial charge in [-0.05, 0) is 103 Å². The molecule has 6 aromatic carbocycles. The molecule has 0 amide bonds. The van der Waals surface area contributed by atoms with Gasteiger partial charge < -0.3 is 9.13 Å². The zero-order valence-corrected chi connectivity index (χ0v) is 23.4. The maximum atomic E-state index is 2.51. The number of aryl methyl sites for hydroxylation is 2. The smallest absolute Gasteiger partial charge is 0.0575 e. The molecule has 8 aromatic rings. The van der Waals surface area contributed by atoms with Crippen LogP contribution in [0.1, 0.15) is 24.0 Å². The molecule has 2 nitrogen and oxygen atoms in total. The highest BCUT2D eigenvalue weighted by Crippen LogP contribution is 2.40. The van der Waals surface area contributed by atoms with E-state index in [0.29, 0.717) is 0 Å². The van der Waals surface area contributed by atoms with E-state index in [-0.39, 0.29) is 0 Å². The Morgan fingerprint density at radius 3 is 1.71 bits per heavy atom. The van der Waals surface area contributed by atoms with Gasteiger partial charge >= 0.3 is 0 Å². The van der Waals surface area contributed by atoms with Gasteiger partial charge in [-0.25, -0.2) is 0 Å². The molecule has 2 heteroatoms. The molecule has 0 atom stereocenters. The van der Waals surface area contributed by atoms with Crippen LogP contribution < -0.4 is 0 Å². The van der Waals surface area contributed by atoms with Crippen molar-refractivity contribution in [1.29, 1.82) is 0 Å². The Bertz CT molecular complexity index is 2280. The molecular weight excluding hydrogens is 508 g/mol. The standard InChI is InChI=1S/C40H30N2/c1-3-12-30(13-4-1)41-37-18-10-9-17-33(37)35-25-28(20-23-38(35)41)29-21-24-39-36(26-29)34-22-19-27-11-7-8-16-32(27)40(34)42(39)31-14-5-2-6-15-31/h1-6,9-10,12-15,17-26H,7-8,11,16H2. The van der Waals surface area contributed by atoms with Gasteiger partial charge in [0.05, 0.1) is 22.1 Å². The summed E-state index contributed by atoms with van der Waals surface area (Å²) < 4.78 is 4.89. The van der Waals surface area contributed by atoms with Crippen LogP contribution in [0.3, 0.4) is 0 Å². The Morgan fingerprint density at radius 1 is 0.405 bits per heavy atom. The SMILES string of the molecule is c1ccc(-n2c3ccccc3c3cc(-c4ccc5c(c4)c4ccc6c(c4n5-c4ccccc4)CCCC6)ccc32)cc1. The second kappa shape index (κ2) is 9.22. The molecule has 0 saturated carbocycles. The molecular formula is C40H30N2. The van der Waals surface area contributed by atoms with Gasteiger partial charge in [0.2, 0.25) is 0 Å². The Morgan fingerprint density at radius 2 is 0.976 bits per heavy atom. The van der Waals surface area contributed by atoms with Crippen LogP contribution in [-0.2, 0) is 12.8 Å². The van der Waals surface area contributed by atoms with Gasteiger partial charge in [0.1, 0.15) is 0 Å². The first kappa shape index (κ1) is 23.6. The highest BCUT2D eigenvalue weighted by molar-refractivity contribution is 6.13. The third-order valence-electron chi connectivity index (χ3n) is 9.29. The van der Waals surface area contributed by atoms with Gasteiger partial charge in [-0.1, -0.05) is 78.9 Å². The van der Waals surface area contributed by atoms with E-state index in [1.807, 2.05) is 0 Å². The van der Waals surface area contributed by atoms with Crippen LogP contribution in [0.15, 0.2) is 133 Å². The van der Waals surface area contributed by atoms with E-state index < -0.39 is 0 Å². The molecule has 0 aliphatic heterocycles. The summed E-state index contributed by atoms with van der Waals surface area (Å²) in [5, 5.41) is 5.25. The van der Waals surface area contributed by atoms with Gasteiger partial charge in [-0.15, -0.1) is 0 Å². The fourth-order valence-corrected chi connectivity index (χ4v) is 7.38.